The van der Waals surface area contributed by atoms with Crippen molar-refractivity contribution >= 4 is 23.2 Å². The van der Waals surface area contributed by atoms with E-state index in [0.717, 1.165) is 22.6 Å². The minimum Gasteiger partial charge on any atom is -0.494 e. The summed E-state index contributed by atoms with van der Waals surface area (Å²) in [7, 11) is 1.63. The SMILES string of the molecule is COc1c(-c2ccc(Cl)c(Cl)c2)ccnc1C. The van der Waals surface area contributed by atoms with E-state index in [1.54, 1.807) is 19.4 Å². The van der Waals surface area contributed by atoms with Gasteiger partial charge in [0.2, 0.25) is 0 Å². The van der Waals surface area contributed by atoms with Crippen LogP contribution in [0.2, 0.25) is 10.0 Å². The molecule has 0 fully saturated rings. The van der Waals surface area contributed by atoms with E-state index in [1.807, 2.05) is 25.1 Å². The first-order valence-electron chi connectivity index (χ1n) is 5.08. The van der Waals surface area contributed by atoms with Crippen molar-refractivity contribution < 1.29 is 4.74 Å². The monoisotopic (exact) mass is 267 g/mol. The van der Waals surface area contributed by atoms with Gasteiger partial charge >= 0.3 is 0 Å². The largest absolute Gasteiger partial charge is 0.494 e. The van der Waals surface area contributed by atoms with E-state index >= 15 is 0 Å². The standard InChI is InChI=1S/C13H11Cl2NO/c1-8-13(17-2)10(5-6-16-8)9-3-4-11(14)12(15)7-9/h3-7H,1-2H3. The number of rotatable bonds is 2. The van der Waals surface area contributed by atoms with Gasteiger partial charge in [-0.1, -0.05) is 29.3 Å². The zero-order chi connectivity index (χ0) is 12.4. The molecule has 0 bridgehead atoms. The zero-order valence-electron chi connectivity index (χ0n) is 9.50. The summed E-state index contributed by atoms with van der Waals surface area (Å²) in [6.07, 6.45) is 1.75. The second-order valence-corrected chi connectivity index (χ2v) is 4.42. The van der Waals surface area contributed by atoms with Crippen molar-refractivity contribution in [3.63, 3.8) is 0 Å². The van der Waals surface area contributed by atoms with E-state index in [2.05, 4.69) is 4.98 Å². The fourth-order valence-electron chi connectivity index (χ4n) is 1.70. The van der Waals surface area contributed by atoms with Crippen molar-refractivity contribution in [2.45, 2.75) is 6.92 Å². The number of hydrogen-bond donors (Lipinski definition) is 0. The Hall–Kier alpha value is -1.25. The summed E-state index contributed by atoms with van der Waals surface area (Å²) in [4.78, 5) is 4.19. The lowest BCUT2D eigenvalue weighted by atomic mass is 10.1. The summed E-state index contributed by atoms with van der Waals surface area (Å²) in [5.41, 5.74) is 2.76. The summed E-state index contributed by atoms with van der Waals surface area (Å²) in [6, 6.07) is 7.40. The van der Waals surface area contributed by atoms with Gasteiger partial charge in [0.1, 0.15) is 5.75 Å². The van der Waals surface area contributed by atoms with Crippen molar-refractivity contribution in [3.8, 4) is 16.9 Å². The highest BCUT2D eigenvalue weighted by molar-refractivity contribution is 6.42. The molecule has 1 aromatic heterocycles. The average molecular weight is 268 g/mol. The highest BCUT2D eigenvalue weighted by Crippen LogP contribution is 2.34. The van der Waals surface area contributed by atoms with E-state index in [4.69, 9.17) is 27.9 Å². The highest BCUT2D eigenvalue weighted by atomic mass is 35.5. The first-order valence-corrected chi connectivity index (χ1v) is 5.84. The number of aromatic nitrogens is 1. The van der Waals surface area contributed by atoms with Gasteiger partial charge in [-0.3, -0.25) is 4.98 Å². The smallest absolute Gasteiger partial charge is 0.147 e. The molecule has 0 radical (unpaired) electrons. The van der Waals surface area contributed by atoms with Gasteiger partial charge in [0.25, 0.3) is 0 Å². The molecular weight excluding hydrogens is 257 g/mol. The van der Waals surface area contributed by atoms with Gasteiger partial charge in [0, 0.05) is 11.8 Å². The number of nitrogens with zero attached hydrogens (tertiary/aromatic N) is 1. The maximum atomic E-state index is 6.01. The highest BCUT2D eigenvalue weighted by Gasteiger charge is 2.10. The third kappa shape index (κ3) is 2.38. The molecule has 0 saturated heterocycles. The lowest BCUT2D eigenvalue weighted by Crippen LogP contribution is -1.93. The molecule has 0 aliphatic carbocycles. The first-order chi connectivity index (χ1) is 8.13. The fourth-order valence-corrected chi connectivity index (χ4v) is 2.00. The fraction of sp³-hybridized carbons (Fsp3) is 0.154. The van der Waals surface area contributed by atoms with E-state index in [0.29, 0.717) is 10.0 Å². The van der Waals surface area contributed by atoms with Gasteiger partial charge in [-0.05, 0) is 30.7 Å². The van der Waals surface area contributed by atoms with Crippen molar-refractivity contribution in [1.29, 1.82) is 0 Å². The molecule has 17 heavy (non-hydrogen) atoms. The summed E-state index contributed by atoms with van der Waals surface area (Å²) in [6.45, 7) is 1.90. The first kappa shape index (κ1) is 12.2. The maximum Gasteiger partial charge on any atom is 0.147 e. The molecule has 2 rings (SSSR count). The number of hydrogen-bond acceptors (Lipinski definition) is 2. The summed E-state index contributed by atoms with van der Waals surface area (Å²) < 4.78 is 5.36. The Morgan fingerprint density at radius 2 is 1.88 bits per heavy atom. The minimum absolute atomic E-state index is 0.528. The van der Waals surface area contributed by atoms with Gasteiger partial charge in [0.15, 0.2) is 0 Å². The van der Waals surface area contributed by atoms with Gasteiger partial charge in [-0.25, -0.2) is 0 Å². The molecule has 1 aromatic carbocycles. The number of benzene rings is 1. The number of methoxy groups -OCH3 is 1. The van der Waals surface area contributed by atoms with Crippen LogP contribution in [0.25, 0.3) is 11.1 Å². The molecule has 4 heteroatoms. The molecule has 88 valence electrons. The number of pyridine rings is 1. The molecule has 2 aromatic rings. The van der Waals surface area contributed by atoms with Crippen LogP contribution < -0.4 is 4.74 Å². The molecule has 0 unspecified atom stereocenters. The molecular formula is C13H11Cl2NO. The normalized spacial score (nSPS) is 10.4. The lowest BCUT2D eigenvalue weighted by molar-refractivity contribution is 0.411. The van der Waals surface area contributed by atoms with E-state index < -0.39 is 0 Å². The molecule has 0 spiro atoms. The third-order valence-electron chi connectivity index (χ3n) is 2.52. The molecule has 0 aliphatic rings. The second-order valence-electron chi connectivity index (χ2n) is 3.61. The third-order valence-corrected chi connectivity index (χ3v) is 3.26. The Labute approximate surface area is 110 Å². The maximum absolute atomic E-state index is 6.01. The summed E-state index contributed by atoms with van der Waals surface area (Å²) in [5, 5.41) is 1.07. The lowest BCUT2D eigenvalue weighted by Gasteiger charge is -2.11. The van der Waals surface area contributed by atoms with Crippen molar-refractivity contribution in [2.75, 3.05) is 7.11 Å². The van der Waals surface area contributed by atoms with Gasteiger partial charge in [0.05, 0.1) is 22.8 Å². The number of ether oxygens (including phenoxy) is 1. The minimum atomic E-state index is 0.528. The molecule has 0 aliphatic heterocycles. The number of halogens is 2. The summed E-state index contributed by atoms with van der Waals surface area (Å²) >= 11 is 11.9. The molecule has 1 heterocycles. The Morgan fingerprint density at radius 1 is 1.12 bits per heavy atom. The molecule has 0 atom stereocenters. The van der Waals surface area contributed by atoms with Crippen LogP contribution in [0.3, 0.4) is 0 Å². The Bertz CT molecular complexity index is 555. The van der Waals surface area contributed by atoms with Crippen LogP contribution in [0.1, 0.15) is 5.69 Å². The quantitative estimate of drug-likeness (QED) is 0.806. The van der Waals surface area contributed by atoms with Crippen molar-refractivity contribution in [1.82, 2.24) is 4.98 Å². The predicted molar refractivity (Wildman–Crippen MR) is 71.0 cm³/mol. The van der Waals surface area contributed by atoms with Crippen LogP contribution in [0.5, 0.6) is 5.75 Å². The molecule has 0 N–H and O–H groups in total. The predicted octanol–water partition coefficient (Wildman–Crippen LogP) is 4.37. The zero-order valence-corrected chi connectivity index (χ0v) is 11.0. The van der Waals surface area contributed by atoms with Gasteiger partial charge < -0.3 is 4.74 Å². The van der Waals surface area contributed by atoms with Crippen LogP contribution >= 0.6 is 23.2 Å². The molecule has 0 saturated carbocycles. The van der Waals surface area contributed by atoms with E-state index in [-0.39, 0.29) is 0 Å². The van der Waals surface area contributed by atoms with E-state index in [1.165, 1.54) is 0 Å². The van der Waals surface area contributed by atoms with Crippen LogP contribution in [0.15, 0.2) is 30.5 Å². The Kier molecular flexibility index (Phi) is 3.55. The molecule has 0 amide bonds. The summed E-state index contributed by atoms with van der Waals surface area (Å²) in [5.74, 6) is 0.755. The van der Waals surface area contributed by atoms with Gasteiger partial charge in [-0.15, -0.1) is 0 Å². The Balaban J connectivity index is 2.60. The van der Waals surface area contributed by atoms with Crippen LogP contribution in [0.4, 0.5) is 0 Å². The van der Waals surface area contributed by atoms with Crippen molar-refractivity contribution in [3.05, 3.63) is 46.2 Å². The van der Waals surface area contributed by atoms with Gasteiger partial charge in [-0.2, -0.15) is 0 Å². The van der Waals surface area contributed by atoms with Crippen LogP contribution in [-0.4, -0.2) is 12.1 Å². The van der Waals surface area contributed by atoms with Crippen LogP contribution in [0, 0.1) is 6.92 Å². The van der Waals surface area contributed by atoms with Crippen molar-refractivity contribution in [2.24, 2.45) is 0 Å². The average Bonchev–Trinajstić information content (AvgIpc) is 2.32. The van der Waals surface area contributed by atoms with Crippen LogP contribution in [-0.2, 0) is 0 Å². The van der Waals surface area contributed by atoms with E-state index in [9.17, 15) is 0 Å². The molecule has 2 nitrogen and oxygen atoms in total. The topological polar surface area (TPSA) is 22.1 Å². The Morgan fingerprint density at radius 3 is 2.53 bits per heavy atom. The second kappa shape index (κ2) is 4.94. The number of aryl methyl sites for hydroxylation is 1.